The Morgan fingerprint density at radius 3 is 2.35 bits per heavy atom. The van der Waals surface area contributed by atoms with Crippen molar-refractivity contribution in [3.8, 4) is 0 Å². The summed E-state index contributed by atoms with van der Waals surface area (Å²) in [5.74, 6) is -1.45. The second kappa shape index (κ2) is 6.63. The molecule has 0 bridgehead atoms. The molecule has 0 aromatic heterocycles. The van der Waals surface area contributed by atoms with E-state index in [0.717, 1.165) is 24.6 Å². The first-order chi connectivity index (χ1) is 9.50. The van der Waals surface area contributed by atoms with Gasteiger partial charge in [-0.2, -0.15) is 0 Å². The Hall–Kier alpha value is -1.01. The minimum Gasteiger partial charge on any atom is -0.211 e. The first kappa shape index (κ1) is 15.4. The van der Waals surface area contributed by atoms with Crippen molar-refractivity contribution in [2.75, 3.05) is 6.54 Å². The predicted molar refractivity (Wildman–Crippen MR) is 72.7 cm³/mol. The molecule has 112 valence electrons. The van der Waals surface area contributed by atoms with Gasteiger partial charge in [-0.25, -0.2) is 21.9 Å². The van der Waals surface area contributed by atoms with E-state index in [1.165, 1.54) is 25.7 Å². The Morgan fingerprint density at radius 1 is 1.15 bits per heavy atom. The second-order valence-electron chi connectivity index (χ2n) is 5.24. The summed E-state index contributed by atoms with van der Waals surface area (Å²) in [4.78, 5) is -0.888. The maximum Gasteiger partial charge on any atom is 0.246 e. The summed E-state index contributed by atoms with van der Waals surface area (Å²) >= 11 is 0. The minimum absolute atomic E-state index is 0.215. The van der Waals surface area contributed by atoms with E-state index in [4.69, 9.17) is 0 Å². The van der Waals surface area contributed by atoms with Crippen molar-refractivity contribution in [1.29, 1.82) is 0 Å². The molecular weight excluding hydrogens is 284 g/mol. The van der Waals surface area contributed by atoms with E-state index in [-0.39, 0.29) is 6.54 Å². The van der Waals surface area contributed by atoms with Crippen LogP contribution in [0.1, 0.15) is 38.5 Å². The summed E-state index contributed by atoms with van der Waals surface area (Å²) in [6, 6.07) is 3.02. The Balaban J connectivity index is 1.90. The van der Waals surface area contributed by atoms with Crippen molar-refractivity contribution in [3.05, 3.63) is 29.8 Å². The van der Waals surface area contributed by atoms with Gasteiger partial charge >= 0.3 is 0 Å². The zero-order valence-corrected chi connectivity index (χ0v) is 12.1. The Morgan fingerprint density at radius 2 is 1.75 bits per heavy atom. The molecule has 1 aliphatic carbocycles. The largest absolute Gasteiger partial charge is 0.246 e. The number of nitrogens with one attached hydrogen (secondary N) is 1. The smallest absolute Gasteiger partial charge is 0.211 e. The molecule has 1 aromatic carbocycles. The molecule has 3 nitrogen and oxygen atoms in total. The quantitative estimate of drug-likeness (QED) is 0.820. The molecule has 0 atom stereocenters. The van der Waals surface area contributed by atoms with Crippen LogP contribution in [-0.4, -0.2) is 15.0 Å². The number of rotatable bonds is 6. The fraction of sp³-hybridized carbons (Fsp3) is 0.571. The highest BCUT2D eigenvalue weighted by molar-refractivity contribution is 7.89. The summed E-state index contributed by atoms with van der Waals surface area (Å²) in [6.07, 6.45) is 6.55. The van der Waals surface area contributed by atoms with Gasteiger partial charge in [-0.15, -0.1) is 0 Å². The molecule has 1 fully saturated rings. The van der Waals surface area contributed by atoms with Gasteiger partial charge in [0.25, 0.3) is 0 Å². The van der Waals surface area contributed by atoms with Crippen molar-refractivity contribution < 1.29 is 17.2 Å². The number of hydrogen-bond donors (Lipinski definition) is 1. The molecule has 0 aliphatic heterocycles. The topological polar surface area (TPSA) is 46.2 Å². The van der Waals surface area contributed by atoms with Gasteiger partial charge in [0.05, 0.1) is 0 Å². The lowest BCUT2D eigenvalue weighted by Crippen LogP contribution is -2.27. The lowest BCUT2D eigenvalue weighted by atomic mass is 10.0. The Labute approximate surface area is 118 Å². The maximum absolute atomic E-state index is 13.4. The average Bonchev–Trinajstić information content (AvgIpc) is 2.87. The molecule has 0 heterocycles. The van der Waals surface area contributed by atoms with Gasteiger partial charge < -0.3 is 0 Å². The number of sulfonamides is 1. The van der Waals surface area contributed by atoms with Gasteiger partial charge in [0.2, 0.25) is 10.0 Å². The SMILES string of the molecule is O=S(=O)(NCCCC1CCCC1)c1c(F)cccc1F. The molecule has 1 saturated carbocycles. The average molecular weight is 303 g/mol. The summed E-state index contributed by atoms with van der Waals surface area (Å²) in [5, 5.41) is 0. The van der Waals surface area contributed by atoms with Gasteiger partial charge in [0, 0.05) is 6.54 Å². The molecule has 1 aromatic rings. The van der Waals surface area contributed by atoms with E-state index in [1.54, 1.807) is 0 Å². The number of hydrogen-bond acceptors (Lipinski definition) is 2. The summed E-state index contributed by atoms with van der Waals surface area (Å²) in [6.45, 7) is 0.215. The molecule has 0 unspecified atom stereocenters. The molecule has 0 spiro atoms. The molecule has 20 heavy (non-hydrogen) atoms. The number of halogens is 2. The van der Waals surface area contributed by atoms with Crippen molar-refractivity contribution in [2.45, 2.75) is 43.4 Å². The zero-order chi connectivity index (χ0) is 14.6. The van der Waals surface area contributed by atoms with Crippen molar-refractivity contribution >= 4 is 10.0 Å². The lowest BCUT2D eigenvalue weighted by Gasteiger charge is -2.10. The number of benzene rings is 1. The molecule has 1 aliphatic rings. The Kier molecular flexibility index (Phi) is 5.10. The normalized spacial score (nSPS) is 16.7. The van der Waals surface area contributed by atoms with Gasteiger partial charge in [-0.3, -0.25) is 0 Å². The zero-order valence-electron chi connectivity index (χ0n) is 11.2. The van der Waals surface area contributed by atoms with Gasteiger partial charge in [0.15, 0.2) is 4.90 Å². The van der Waals surface area contributed by atoms with Crippen LogP contribution in [0.15, 0.2) is 23.1 Å². The molecule has 0 radical (unpaired) electrons. The third kappa shape index (κ3) is 3.76. The van der Waals surface area contributed by atoms with Crippen LogP contribution in [0.25, 0.3) is 0 Å². The first-order valence-electron chi connectivity index (χ1n) is 6.94. The molecule has 0 saturated heterocycles. The van der Waals surface area contributed by atoms with Crippen LogP contribution in [0.2, 0.25) is 0 Å². The van der Waals surface area contributed by atoms with E-state index in [1.807, 2.05) is 0 Å². The third-order valence-corrected chi connectivity index (χ3v) is 5.26. The van der Waals surface area contributed by atoms with Gasteiger partial charge in [-0.05, 0) is 30.9 Å². The lowest BCUT2D eigenvalue weighted by molar-refractivity contribution is 0.477. The van der Waals surface area contributed by atoms with E-state index in [2.05, 4.69) is 4.72 Å². The van der Waals surface area contributed by atoms with Crippen molar-refractivity contribution in [2.24, 2.45) is 5.92 Å². The highest BCUT2D eigenvalue weighted by Crippen LogP contribution is 2.28. The van der Waals surface area contributed by atoms with Gasteiger partial charge in [-0.1, -0.05) is 31.7 Å². The van der Waals surface area contributed by atoms with Crippen LogP contribution < -0.4 is 4.72 Å². The van der Waals surface area contributed by atoms with Crippen LogP contribution in [-0.2, 0) is 10.0 Å². The highest BCUT2D eigenvalue weighted by atomic mass is 32.2. The first-order valence-corrected chi connectivity index (χ1v) is 8.43. The van der Waals surface area contributed by atoms with E-state index in [9.17, 15) is 17.2 Å². The molecule has 0 amide bonds. The highest BCUT2D eigenvalue weighted by Gasteiger charge is 2.23. The summed E-state index contributed by atoms with van der Waals surface area (Å²) in [7, 11) is -4.12. The fourth-order valence-corrected chi connectivity index (χ4v) is 3.91. The van der Waals surface area contributed by atoms with Crippen molar-refractivity contribution in [1.82, 2.24) is 4.72 Å². The van der Waals surface area contributed by atoms with Gasteiger partial charge in [0.1, 0.15) is 11.6 Å². The van der Waals surface area contributed by atoms with Crippen LogP contribution >= 0.6 is 0 Å². The Bertz CT molecular complexity index is 534. The fourth-order valence-electron chi connectivity index (χ4n) is 2.71. The maximum atomic E-state index is 13.4. The predicted octanol–water partition coefficient (Wildman–Crippen LogP) is 3.21. The van der Waals surface area contributed by atoms with E-state index < -0.39 is 26.6 Å². The van der Waals surface area contributed by atoms with Crippen molar-refractivity contribution in [3.63, 3.8) is 0 Å². The monoisotopic (exact) mass is 303 g/mol. The second-order valence-corrected chi connectivity index (χ2v) is 6.95. The van der Waals surface area contributed by atoms with Crippen LogP contribution in [0, 0.1) is 17.6 Å². The summed E-state index contributed by atoms with van der Waals surface area (Å²) < 4.78 is 52.9. The molecule has 6 heteroatoms. The van der Waals surface area contributed by atoms with E-state index in [0.29, 0.717) is 12.3 Å². The van der Waals surface area contributed by atoms with Crippen LogP contribution in [0.4, 0.5) is 8.78 Å². The van der Waals surface area contributed by atoms with E-state index >= 15 is 0 Å². The minimum atomic E-state index is -4.12. The summed E-state index contributed by atoms with van der Waals surface area (Å²) in [5.41, 5.74) is 0. The molecule has 1 N–H and O–H groups in total. The van der Waals surface area contributed by atoms with Crippen LogP contribution in [0.5, 0.6) is 0 Å². The third-order valence-electron chi connectivity index (χ3n) is 3.74. The molecule has 2 rings (SSSR count). The molecular formula is C14H19F2NO2S. The van der Waals surface area contributed by atoms with Crippen LogP contribution in [0.3, 0.4) is 0 Å². The standard InChI is InChI=1S/C14H19F2NO2S/c15-12-8-3-9-13(16)14(12)20(18,19)17-10-4-7-11-5-1-2-6-11/h3,8-9,11,17H,1-2,4-7,10H2.